The standard InChI is InChI=1S/C27H30BrN3O4S/c1-20-9-15-25(16-10-20)36(34,35)31(24-13-11-23(28)12-14-24)19-26(32)30(21(2)27(33)29-3)18-17-22-7-5-4-6-8-22/h4-16,21H,17-19H2,1-3H3,(H,29,33). The fraction of sp³-hybridized carbons (Fsp3) is 0.259. The Balaban J connectivity index is 1.96. The van der Waals surface area contributed by atoms with Crippen LogP contribution in [0.15, 0.2) is 88.2 Å². The highest BCUT2D eigenvalue weighted by Crippen LogP contribution is 2.26. The van der Waals surface area contributed by atoms with Crippen molar-refractivity contribution in [3.05, 3.63) is 94.5 Å². The molecular weight excluding hydrogens is 542 g/mol. The van der Waals surface area contributed by atoms with E-state index in [0.717, 1.165) is 19.9 Å². The average Bonchev–Trinajstić information content (AvgIpc) is 2.88. The zero-order valence-electron chi connectivity index (χ0n) is 20.5. The highest BCUT2D eigenvalue weighted by Gasteiger charge is 2.32. The maximum absolute atomic E-state index is 13.7. The zero-order chi connectivity index (χ0) is 26.3. The van der Waals surface area contributed by atoms with Crippen molar-refractivity contribution >= 4 is 43.5 Å². The number of amides is 2. The fourth-order valence-corrected chi connectivity index (χ4v) is 5.43. The summed E-state index contributed by atoms with van der Waals surface area (Å²) in [4.78, 5) is 27.6. The molecule has 36 heavy (non-hydrogen) atoms. The molecule has 0 fully saturated rings. The van der Waals surface area contributed by atoms with Gasteiger partial charge in [0, 0.05) is 18.1 Å². The molecule has 0 saturated carbocycles. The summed E-state index contributed by atoms with van der Waals surface area (Å²) in [5.74, 6) is -0.798. The molecule has 1 unspecified atom stereocenters. The second kappa shape index (κ2) is 12.2. The summed E-state index contributed by atoms with van der Waals surface area (Å²) < 4.78 is 29.3. The first-order chi connectivity index (χ1) is 17.1. The Morgan fingerprint density at radius 2 is 1.56 bits per heavy atom. The van der Waals surface area contributed by atoms with Gasteiger partial charge in [0.1, 0.15) is 12.6 Å². The van der Waals surface area contributed by atoms with Crippen LogP contribution in [0.5, 0.6) is 0 Å². The quantitative estimate of drug-likeness (QED) is 0.396. The van der Waals surface area contributed by atoms with Gasteiger partial charge in [-0.3, -0.25) is 13.9 Å². The molecule has 0 saturated heterocycles. The van der Waals surface area contributed by atoms with E-state index in [9.17, 15) is 18.0 Å². The highest BCUT2D eigenvalue weighted by molar-refractivity contribution is 9.10. The molecule has 0 heterocycles. The van der Waals surface area contributed by atoms with E-state index >= 15 is 0 Å². The summed E-state index contributed by atoms with van der Waals surface area (Å²) in [6.07, 6.45) is 0.525. The second-order valence-corrected chi connectivity index (χ2v) is 11.2. The van der Waals surface area contributed by atoms with E-state index in [0.29, 0.717) is 12.1 Å². The molecule has 2 amide bonds. The van der Waals surface area contributed by atoms with Crippen LogP contribution in [0.25, 0.3) is 0 Å². The van der Waals surface area contributed by atoms with Crippen molar-refractivity contribution in [1.29, 1.82) is 0 Å². The van der Waals surface area contributed by atoms with E-state index in [1.807, 2.05) is 37.3 Å². The lowest BCUT2D eigenvalue weighted by Gasteiger charge is -2.31. The van der Waals surface area contributed by atoms with Gasteiger partial charge in [0.2, 0.25) is 11.8 Å². The average molecular weight is 573 g/mol. The molecule has 0 aliphatic heterocycles. The van der Waals surface area contributed by atoms with Crippen LogP contribution >= 0.6 is 15.9 Å². The molecule has 0 radical (unpaired) electrons. The number of halogens is 1. The molecule has 0 spiro atoms. The summed E-state index contributed by atoms with van der Waals surface area (Å²) >= 11 is 3.37. The Morgan fingerprint density at radius 1 is 0.944 bits per heavy atom. The lowest BCUT2D eigenvalue weighted by atomic mass is 10.1. The van der Waals surface area contributed by atoms with E-state index in [2.05, 4.69) is 21.2 Å². The number of hydrogen-bond acceptors (Lipinski definition) is 4. The first-order valence-corrected chi connectivity index (χ1v) is 13.8. The van der Waals surface area contributed by atoms with E-state index in [4.69, 9.17) is 0 Å². The van der Waals surface area contributed by atoms with E-state index in [-0.39, 0.29) is 17.3 Å². The van der Waals surface area contributed by atoms with Gasteiger partial charge in [0.25, 0.3) is 10.0 Å². The van der Waals surface area contributed by atoms with Gasteiger partial charge in [-0.15, -0.1) is 0 Å². The molecule has 190 valence electrons. The van der Waals surface area contributed by atoms with Crippen LogP contribution < -0.4 is 9.62 Å². The van der Waals surface area contributed by atoms with Gasteiger partial charge in [0.05, 0.1) is 10.6 Å². The summed E-state index contributed by atoms with van der Waals surface area (Å²) in [7, 11) is -2.55. The molecule has 3 rings (SSSR count). The molecular formula is C27H30BrN3O4S. The number of nitrogens with one attached hydrogen (secondary N) is 1. The van der Waals surface area contributed by atoms with Crippen molar-refractivity contribution < 1.29 is 18.0 Å². The smallest absolute Gasteiger partial charge is 0.264 e. The lowest BCUT2D eigenvalue weighted by Crippen LogP contribution is -2.51. The summed E-state index contributed by atoms with van der Waals surface area (Å²) in [6.45, 7) is 3.32. The number of rotatable bonds is 10. The zero-order valence-corrected chi connectivity index (χ0v) is 22.9. The minimum Gasteiger partial charge on any atom is -0.357 e. The van der Waals surface area contributed by atoms with Gasteiger partial charge in [-0.05, 0) is 62.2 Å². The molecule has 3 aromatic rings. The third-order valence-electron chi connectivity index (χ3n) is 5.90. The third kappa shape index (κ3) is 6.73. The van der Waals surface area contributed by atoms with Crippen molar-refractivity contribution in [3.63, 3.8) is 0 Å². The lowest BCUT2D eigenvalue weighted by molar-refractivity contribution is -0.138. The number of carbonyl (C=O) groups excluding carboxylic acids is 2. The molecule has 0 bridgehead atoms. The van der Waals surface area contributed by atoms with Crippen molar-refractivity contribution in [2.24, 2.45) is 0 Å². The summed E-state index contributed by atoms with van der Waals surface area (Å²) in [6, 6.07) is 22.1. The van der Waals surface area contributed by atoms with Crippen molar-refractivity contribution in [2.45, 2.75) is 31.2 Å². The molecule has 1 atom stereocenters. The maximum Gasteiger partial charge on any atom is 0.264 e. The Morgan fingerprint density at radius 3 is 2.14 bits per heavy atom. The van der Waals surface area contributed by atoms with Crippen LogP contribution in [0, 0.1) is 6.92 Å². The van der Waals surface area contributed by atoms with Crippen LogP contribution in [0.2, 0.25) is 0 Å². The van der Waals surface area contributed by atoms with Crippen molar-refractivity contribution in [3.8, 4) is 0 Å². The molecule has 3 aromatic carbocycles. The van der Waals surface area contributed by atoms with Gasteiger partial charge in [0.15, 0.2) is 0 Å². The molecule has 0 aliphatic rings. The number of sulfonamides is 1. The normalized spacial score (nSPS) is 12.0. The fourth-order valence-electron chi connectivity index (χ4n) is 3.75. The van der Waals surface area contributed by atoms with E-state index in [1.165, 1.54) is 24.1 Å². The third-order valence-corrected chi connectivity index (χ3v) is 8.22. The first kappa shape index (κ1) is 27.4. The minimum absolute atomic E-state index is 0.0824. The highest BCUT2D eigenvalue weighted by atomic mass is 79.9. The number of benzene rings is 3. The van der Waals surface area contributed by atoms with E-state index in [1.54, 1.807) is 43.3 Å². The minimum atomic E-state index is -4.06. The Kier molecular flexibility index (Phi) is 9.28. The number of nitrogens with zero attached hydrogens (tertiary/aromatic N) is 2. The molecule has 1 N–H and O–H groups in total. The molecule has 7 nitrogen and oxygen atoms in total. The predicted molar refractivity (Wildman–Crippen MR) is 145 cm³/mol. The predicted octanol–water partition coefficient (Wildman–Crippen LogP) is 4.16. The molecule has 0 aliphatic carbocycles. The number of carbonyl (C=O) groups is 2. The van der Waals surface area contributed by atoms with Crippen LogP contribution in [-0.2, 0) is 26.0 Å². The van der Waals surface area contributed by atoms with Gasteiger partial charge >= 0.3 is 0 Å². The van der Waals surface area contributed by atoms with Gasteiger partial charge in [-0.25, -0.2) is 8.42 Å². The number of hydrogen-bond donors (Lipinski definition) is 1. The summed E-state index contributed by atoms with van der Waals surface area (Å²) in [5, 5.41) is 2.58. The first-order valence-electron chi connectivity index (χ1n) is 11.5. The second-order valence-electron chi connectivity index (χ2n) is 8.41. The number of likely N-dealkylation sites (N-methyl/N-ethyl adjacent to an activating group) is 1. The Bertz CT molecular complexity index is 1280. The topological polar surface area (TPSA) is 86.8 Å². The largest absolute Gasteiger partial charge is 0.357 e. The van der Waals surface area contributed by atoms with Crippen LogP contribution in [0.4, 0.5) is 5.69 Å². The SMILES string of the molecule is CNC(=O)C(C)N(CCc1ccccc1)C(=O)CN(c1ccc(Br)cc1)S(=O)(=O)c1ccc(C)cc1. The Hall–Kier alpha value is -3.17. The monoisotopic (exact) mass is 571 g/mol. The molecule has 9 heteroatoms. The van der Waals surface area contributed by atoms with Crippen LogP contribution in [0.3, 0.4) is 0 Å². The van der Waals surface area contributed by atoms with Crippen LogP contribution in [0.1, 0.15) is 18.1 Å². The van der Waals surface area contributed by atoms with Crippen molar-refractivity contribution in [1.82, 2.24) is 10.2 Å². The Labute approximate surface area is 221 Å². The van der Waals surface area contributed by atoms with Crippen molar-refractivity contribution in [2.75, 3.05) is 24.4 Å². The van der Waals surface area contributed by atoms with Gasteiger partial charge < -0.3 is 10.2 Å². The number of aryl methyl sites for hydroxylation is 1. The van der Waals surface area contributed by atoms with E-state index < -0.39 is 28.5 Å². The van der Waals surface area contributed by atoms with Crippen LogP contribution in [-0.4, -0.2) is 51.3 Å². The van der Waals surface area contributed by atoms with Gasteiger partial charge in [-0.1, -0.05) is 64.0 Å². The molecule has 0 aromatic heterocycles. The summed E-state index contributed by atoms with van der Waals surface area (Å²) in [5.41, 5.74) is 2.28. The number of anilines is 1. The van der Waals surface area contributed by atoms with Gasteiger partial charge in [-0.2, -0.15) is 0 Å². The maximum atomic E-state index is 13.7.